The van der Waals surface area contributed by atoms with Gasteiger partial charge in [-0.15, -0.1) is 0 Å². The van der Waals surface area contributed by atoms with E-state index in [-0.39, 0.29) is 22.6 Å². The van der Waals surface area contributed by atoms with Gasteiger partial charge in [0.1, 0.15) is 17.4 Å². The van der Waals surface area contributed by atoms with E-state index in [2.05, 4.69) is 20.8 Å². The summed E-state index contributed by atoms with van der Waals surface area (Å²) in [6, 6.07) is 2.19. The number of hydrogen-bond acceptors (Lipinski definition) is 2. The molecule has 0 aliphatic rings. The predicted molar refractivity (Wildman–Crippen MR) is 75.7 cm³/mol. The fourth-order valence-electron chi connectivity index (χ4n) is 2.62. The average molecular weight is 286 g/mol. The Labute approximate surface area is 119 Å². The van der Waals surface area contributed by atoms with E-state index in [9.17, 15) is 13.9 Å². The van der Waals surface area contributed by atoms with Crippen molar-refractivity contribution in [1.29, 1.82) is 0 Å². The number of hydrogen-bond donors (Lipinski definition) is 1. The van der Waals surface area contributed by atoms with Gasteiger partial charge in [-0.1, -0.05) is 27.7 Å². The molecule has 2 atom stereocenters. The topological polar surface area (TPSA) is 29.5 Å². The van der Waals surface area contributed by atoms with Crippen LogP contribution in [0.25, 0.3) is 0 Å². The van der Waals surface area contributed by atoms with Gasteiger partial charge in [-0.05, 0) is 24.2 Å². The number of aliphatic hydroxyl groups excluding tert-OH is 1. The lowest BCUT2D eigenvalue weighted by Gasteiger charge is -2.25. The fourth-order valence-corrected chi connectivity index (χ4v) is 2.62. The molecule has 1 aromatic rings. The van der Waals surface area contributed by atoms with E-state index in [1.165, 1.54) is 7.11 Å². The van der Waals surface area contributed by atoms with Crippen LogP contribution in [-0.4, -0.2) is 12.2 Å². The fraction of sp³-hybridized carbons (Fsp3) is 0.625. The van der Waals surface area contributed by atoms with Gasteiger partial charge in [0.2, 0.25) is 0 Å². The Kier molecular flexibility index (Phi) is 5.51. The van der Waals surface area contributed by atoms with E-state index in [0.29, 0.717) is 6.42 Å². The number of ether oxygens (including phenoxy) is 1. The standard InChI is InChI=1S/C16H24F2O2/c1-10(9-16(2,3)4)6-14(19)15-12(17)7-11(20-5)8-13(15)18/h7-8,10,14,19H,6,9H2,1-5H3. The van der Waals surface area contributed by atoms with Crippen LogP contribution in [0.1, 0.15) is 52.2 Å². The molecule has 0 saturated heterocycles. The third kappa shape index (κ3) is 4.75. The molecule has 114 valence electrons. The van der Waals surface area contributed by atoms with E-state index in [1.54, 1.807) is 0 Å². The quantitative estimate of drug-likeness (QED) is 0.865. The highest BCUT2D eigenvalue weighted by Gasteiger charge is 2.23. The van der Waals surface area contributed by atoms with Gasteiger partial charge in [-0.3, -0.25) is 0 Å². The maximum atomic E-state index is 13.9. The van der Waals surface area contributed by atoms with Crippen LogP contribution < -0.4 is 4.74 Å². The van der Waals surface area contributed by atoms with Crippen molar-refractivity contribution in [3.63, 3.8) is 0 Å². The third-order valence-electron chi connectivity index (χ3n) is 3.21. The van der Waals surface area contributed by atoms with E-state index < -0.39 is 17.7 Å². The van der Waals surface area contributed by atoms with Gasteiger partial charge in [0, 0.05) is 12.1 Å². The Morgan fingerprint density at radius 3 is 2.10 bits per heavy atom. The number of methoxy groups -OCH3 is 1. The molecule has 1 N–H and O–H groups in total. The second-order valence-corrected chi connectivity index (χ2v) is 6.63. The minimum atomic E-state index is -1.14. The monoisotopic (exact) mass is 286 g/mol. The van der Waals surface area contributed by atoms with Gasteiger partial charge in [0.25, 0.3) is 0 Å². The van der Waals surface area contributed by atoms with Crippen molar-refractivity contribution in [3.05, 3.63) is 29.3 Å². The number of halogens is 2. The largest absolute Gasteiger partial charge is 0.497 e. The molecule has 2 nitrogen and oxygen atoms in total. The predicted octanol–water partition coefficient (Wildman–Crippen LogP) is 4.47. The summed E-state index contributed by atoms with van der Waals surface area (Å²) in [4.78, 5) is 0. The summed E-state index contributed by atoms with van der Waals surface area (Å²) in [5, 5.41) is 10.1. The van der Waals surface area contributed by atoms with Crippen LogP contribution in [0.5, 0.6) is 5.75 Å². The highest BCUT2D eigenvalue weighted by molar-refractivity contribution is 5.31. The van der Waals surface area contributed by atoms with E-state index in [4.69, 9.17) is 4.74 Å². The molecule has 1 rings (SSSR count). The third-order valence-corrected chi connectivity index (χ3v) is 3.21. The minimum Gasteiger partial charge on any atom is -0.497 e. The van der Waals surface area contributed by atoms with Crippen molar-refractivity contribution >= 4 is 0 Å². The molecule has 0 fully saturated rings. The second kappa shape index (κ2) is 6.53. The SMILES string of the molecule is COc1cc(F)c(C(O)CC(C)CC(C)(C)C)c(F)c1. The summed E-state index contributed by atoms with van der Waals surface area (Å²) in [5.74, 6) is -1.25. The normalized spacial score (nSPS) is 15.0. The van der Waals surface area contributed by atoms with Crippen LogP contribution in [0.2, 0.25) is 0 Å². The Morgan fingerprint density at radius 2 is 1.70 bits per heavy atom. The molecule has 20 heavy (non-hydrogen) atoms. The number of rotatable bonds is 5. The van der Waals surface area contributed by atoms with Crippen LogP contribution in [0.15, 0.2) is 12.1 Å². The van der Waals surface area contributed by atoms with Crippen molar-refractivity contribution in [3.8, 4) is 5.75 Å². The average Bonchev–Trinajstić information content (AvgIpc) is 2.24. The van der Waals surface area contributed by atoms with E-state index >= 15 is 0 Å². The van der Waals surface area contributed by atoms with Crippen molar-refractivity contribution < 1.29 is 18.6 Å². The van der Waals surface area contributed by atoms with Crippen LogP contribution in [0.4, 0.5) is 8.78 Å². The molecule has 0 saturated carbocycles. The highest BCUT2D eigenvalue weighted by atomic mass is 19.1. The number of aliphatic hydroxyl groups is 1. The summed E-state index contributed by atoms with van der Waals surface area (Å²) in [6.07, 6.45) is 0.0687. The molecular formula is C16H24F2O2. The summed E-state index contributed by atoms with van der Waals surface area (Å²) in [7, 11) is 1.34. The van der Waals surface area contributed by atoms with Crippen LogP contribution >= 0.6 is 0 Å². The van der Waals surface area contributed by atoms with E-state index in [0.717, 1.165) is 18.6 Å². The van der Waals surface area contributed by atoms with Crippen molar-refractivity contribution in [2.45, 2.75) is 46.6 Å². The molecule has 4 heteroatoms. The first-order valence-corrected chi connectivity index (χ1v) is 6.85. The Hall–Kier alpha value is -1.16. The van der Waals surface area contributed by atoms with Gasteiger partial charge < -0.3 is 9.84 Å². The summed E-state index contributed by atoms with van der Waals surface area (Å²) in [6.45, 7) is 8.28. The van der Waals surface area contributed by atoms with Gasteiger partial charge in [0.05, 0.1) is 18.8 Å². The molecule has 0 aromatic heterocycles. The summed E-state index contributed by atoms with van der Waals surface area (Å²) < 4.78 is 32.5. The zero-order valence-corrected chi connectivity index (χ0v) is 12.8. The van der Waals surface area contributed by atoms with Gasteiger partial charge in [-0.2, -0.15) is 0 Å². The zero-order valence-electron chi connectivity index (χ0n) is 12.8. The lowest BCUT2D eigenvalue weighted by Crippen LogP contribution is -2.15. The highest BCUT2D eigenvalue weighted by Crippen LogP contribution is 2.33. The molecule has 0 aliphatic carbocycles. The Morgan fingerprint density at radius 1 is 1.20 bits per heavy atom. The van der Waals surface area contributed by atoms with Crippen molar-refractivity contribution in [2.24, 2.45) is 11.3 Å². The Balaban J connectivity index is 2.85. The van der Waals surface area contributed by atoms with Crippen LogP contribution in [0, 0.1) is 23.0 Å². The molecule has 0 bridgehead atoms. The van der Waals surface area contributed by atoms with Crippen molar-refractivity contribution in [2.75, 3.05) is 7.11 Å². The number of benzene rings is 1. The molecule has 0 aliphatic heterocycles. The molecule has 0 amide bonds. The van der Waals surface area contributed by atoms with Crippen molar-refractivity contribution in [1.82, 2.24) is 0 Å². The molecular weight excluding hydrogens is 262 g/mol. The minimum absolute atomic E-state index is 0.110. The molecule has 0 spiro atoms. The van der Waals surface area contributed by atoms with E-state index in [1.807, 2.05) is 6.92 Å². The lowest BCUT2D eigenvalue weighted by molar-refractivity contribution is 0.126. The maximum absolute atomic E-state index is 13.9. The first kappa shape index (κ1) is 16.9. The zero-order chi connectivity index (χ0) is 15.5. The summed E-state index contributed by atoms with van der Waals surface area (Å²) in [5.41, 5.74) is -0.151. The Bertz CT molecular complexity index is 429. The van der Waals surface area contributed by atoms with Gasteiger partial charge >= 0.3 is 0 Å². The molecule has 0 radical (unpaired) electrons. The van der Waals surface area contributed by atoms with Gasteiger partial charge in [-0.25, -0.2) is 8.78 Å². The second-order valence-electron chi connectivity index (χ2n) is 6.63. The van der Waals surface area contributed by atoms with Crippen LogP contribution in [-0.2, 0) is 0 Å². The first-order valence-electron chi connectivity index (χ1n) is 6.85. The smallest absolute Gasteiger partial charge is 0.135 e. The lowest BCUT2D eigenvalue weighted by atomic mass is 9.82. The molecule has 2 unspecified atom stereocenters. The van der Waals surface area contributed by atoms with Gasteiger partial charge in [0.15, 0.2) is 0 Å². The summed E-state index contributed by atoms with van der Waals surface area (Å²) >= 11 is 0. The first-order chi connectivity index (χ1) is 9.14. The van der Waals surface area contributed by atoms with Crippen LogP contribution in [0.3, 0.4) is 0 Å². The molecule has 1 aromatic carbocycles. The maximum Gasteiger partial charge on any atom is 0.135 e. The molecule has 0 heterocycles.